The normalized spacial score (nSPS) is 12.4. The molecule has 10 aromatic carbocycles. The Balaban J connectivity index is 0.943. The number of para-hydroxylation sites is 1. The lowest BCUT2D eigenvalue weighted by Gasteiger charge is -2.13. The number of hydrogen-bond donors (Lipinski definition) is 0. The van der Waals surface area contributed by atoms with Gasteiger partial charge in [-0.2, -0.15) is 0 Å². The first kappa shape index (κ1) is 33.5. The van der Waals surface area contributed by atoms with Crippen LogP contribution < -0.4 is 0 Å². The maximum atomic E-state index is 2.49. The Kier molecular flexibility index (Phi) is 7.24. The van der Waals surface area contributed by atoms with Crippen molar-refractivity contribution in [3.05, 3.63) is 223 Å². The van der Waals surface area contributed by atoms with Crippen LogP contribution in [0.1, 0.15) is 16.7 Å². The summed E-state index contributed by atoms with van der Waals surface area (Å²) in [5, 5.41) is 11.5. The molecule has 0 bridgehead atoms. The maximum absolute atomic E-state index is 2.49. The molecule has 0 aliphatic heterocycles. The first-order chi connectivity index (χ1) is 29.7. The van der Waals surface area contributed by atoms with Crippen molar-refractivity contribution in [3.63, 3.8) is 0 Å². The van der Waals surface area contributed by atoms with Crippen LogP contribution in [0.2, 0.25) is 0 Å². The Bertz CT molecular complexity index is 3760. The number of hydrogen-bond acceptors (Lipinski definition) is 1. The van der Waals surface area contributed by atoms with Crippen molar-refractivity contribution in [1.82, 2.24) is 4.57 Å². The molecule has 0 unspecified atom stereocenters. The fourth-order valence-electron chi connectivity index (χ4n) is 9.95. The number of aromatic nitrogens is 1. The van der Waals surface area contributed by atoms with Gasteiger partial charge in [0.1, 0.15) is 0 Å². The molecule has 278 valence electrons. The van der Waals surface area contributed by atoms with Crippen LogP contribution >= 0.6 is 11.3 Å². The lowest BCUT2D eigenvalue weighted by molar-refractivity contribution is 1.14. The largest absolute Gasteiger partial charge is 0.309 e. The van der Waals surface area contributed by atoms with Crippen molar-refractivity contribution in [3.8, 4) is 39.2 Å². The second kappa shape index (κ2) is 13.0. The standard InChI is InChI=1S/C58H35NS/c1-2-17-44(18-3-1)59-53-34-41(27-30-49(53)57-50-21-9-15-39-16-10-22-51(56(39)50)58(57)59)42-26-29-48-47-28-23-36(32-54(47)60-55(48)35-42)31-52(43-25-24-37-11-4-5-13-40(37)33-43)46-20-8-14-38-12-6-7-19-45(38)46/h1-35H/b52-31-. The molecule has 0 fully saturated rings. The average molecular weight is 778 g/mol. The van der Waals surface area contributed by atoms with Crippen LogP contribution in [0.5, 0.6) is 0 Å². The summed E-state index contributed by atoms with van der Waals surface area (Å²) in [6, 6.07) is 76.3. The van der Waals surface area contributed by atoms with Gasteiger partial charge in [-0.05, 0) is 114 Å². The second-order valence-electron chi connectivity index (χ2n) is 16.1. The Morgan fingerprint density at radius 3 is 1.97 bits per heavy atom. The molecule has 2 heterocycles. The van der Waals surface area contributed by atoms with E-state index in [9.17, 15) is 0 Å². The van der Waals surface area contributed by atoms with Gasteiger partial charge in [0.15, 0.2) is 0 Å². The lowest BCUT2D eigenvalue weighted by Crippen LogP contribution is -1.96. The smallest absolute Gasteiger partial charge is 0.0626 e. The van der Waals surface area contributed by atoms with Gasteiger partial charge in [-0.3, -0.25) is 0 Å². The number of fused-ring (bicyclic) bond motifs is 10. The highest BCUT2D eigenvalue weighted by atomic mass is 32.1. The topological polar surface area (TPSA) is 4.93 Å². The van der Waals surface area contributed by atoms with Gasteiger partial charge in [0.05, 0.1) is 11.2 Å². The average Bonchev–Trinajstić information content (AvgIpc) is 3.96. The van der Waals surface area contributed by atoms with Crippen molar-refractivity contribution in [2.45, 2.75) is 0 Å². The van der Waals surface area contributed by atoms with Crippen molar-refractivity contribution < 1.29 is 0 Å². The van der Waals surface area contributed by atoms with E-state index in [1.807, 2.05) is 11.3 Å². The van der Waals surface area contributed by atoms with Crippen molar-refractivity contribution in [1.29, 1.82) is 0 Å². The molecule has 1 aliphatic rings. The zero-order valence-corrected chi connectivity index (χ0v) is 33.4. The van der Waals surface area contributed by atoms with E-state index in [1.54, 1.807) is 0 Å². The molecule has 13 rings (SSSR count). The van der Waals surface area contributed by atoms with E-state index in [4.69, 9.17) is 0 Å². The minimum absolute atomic E-state index is 1.18. The molecule has 0 radical (unpaired) electrons. The van der Waals surface area contributed by atoms with Crippen LogP contribution in [0.15, 0.2) is 206 Å². The van der Waals surface area contributed by atoms with E-state index < -0.39 is 0 Å². The molecular weight excluding hydrogens is 743 g/mol. The highest BCUT2D eigenvalue weighted by Gasteiger charge is 2.29. The number of nitrogens with zero attached hydrogens (tertiary/aromatic N) is 1. The van der Waals surface area contributed by atoms with E-state index in [1.165, 1.54) is 125 Å². The number of rotatable bonds is 5. The summed E-state index contributed by atoms with van der Waals surface area (Å²) in [7, 11) is 0. The van der Waals surface area contributed by atoms with Gasteiger partial charge < -0.3 is 4.57 Å². The summed E-state index contributed by atoms with van der Waals surface area (Å²) in [6.45, 7) is 0. The number of benzene rings is 10. The molecule has 0 N–H and O–H groups in total. The van der Waals surface area contributed by atoms with E-state index in [-0.39, 0.29) is 0 Å². The van der Waals surface area contributed by atoms with Gasteiger partial charge in [0.2, 0.25) is 0 Å². The fourth-order valence-corrected chi connectivity index (χ4v) is 11.1. The lowest BCUT2D eigenvalue weighted by atomic mass is 9.90. The van der Waals surface area contributed by atoms with E-state index in [2.05, 4.69) is 217 Å². The highest BCUT2D eigenvalue weighted by Crippen LogP contribution is 2.53. The molecule has 12 aromatic rings. The second-order valence-corrected chi connectivity index (χ2v) is 17.1. The van der Waals surface area contributed by atoms with E-state index in [0.717, 1.165) is 0 Å². The van der Waals surface area contributed by atoms with Crippen LogP contribution in [-0.2, 0) is 0 Å². The summed E-state index contributed by atoms with van der Waals surface area (Å²) < 4.78 is 5.08. The zero-order valence-electron chi connectivity index (χ0n) is 32.6. The third kappa shape index (κ3) is 5.05. The molecule has 2 aromatic heterocycles. The summed E-state index contributed by atoms with van der Waals surface area (Å²) in [4.78, 5) is 0. The minimum Gasteiger partial charge on any atom is -0.309 e. The Morgan fingerprint density at radius 1 is 0.433 bits per heavy atom. The predicted molar refractivity (Wildman–Crippen MR) is 258 cm³/mol. The van der Waals surface area contributed by atoms with Gasteiger partial charge in [-0.25, -0.2) is 0 Å². The summed E-state index contributed by atoms with van der Waals surface area (Å²) in [5.41, 5.74) is 15.0. The van der Waals surface area contributed by atoms with Crippen LogP contribution in [0.4, 0.5) is 0 Å². The third-order valence-electron chi connectivity index (χ3n) is 12.7. The summed E-state index contributed by atoms with van der Waals surface area (Å²) >= 11 is 1.89. The van der Waals surface area contributed by atoms with Crippen molar-refractivity contribution in [2.75, 3.05) is 0 Å². The Labute approximate surface area is 351 Å². The van der Waals surface area contributed by atoms with E-state index in [0.29, 0.717) is 0 Å². The molecule has 0 saturated heterocycles. The van der Waals surface area contributed by atoms with Gasteiger partial charge in [0.25, 0.3) is 0 Å². The maximum Gasteiger partial charge on any atom is 0.0626 e. The molecule has 2 heteroatoms. The van der Waals surface area contributed by atoms with Gasteiger partial charge in [-0.1, -0.05) is 170 Å². The molecule has 1 aliphatic carbocycles. The highest BCUT2D eigenvalue weighted by molar-refractivity contribution is 7.25. The van der Waals surface area contributed by atoms with Crippen LogP contribution in [0.25, 0.3) is 114 Å². The third-order valence-corrected chi connectivity index (χ3v) is 13.8. The molecule has 60 heavy (non-hydrogen) atoms. The number of thiophene rings is 1. The van der Waals surface area contributed by atoms with Gasteiger partial charge in [0, 0.05) is 42.4 Å². The van der Waals surface area contributed by atoms with Crippen LogP contribution in [0.3, 0.4) is 0 Å². The van der Waals surface area contributed by atoms with Crippen LogP contribution in [0, 0.1) is 0 Å². The quantitative estimate of drug-likeness (QED) is 0.153. The van der Waals surface area contributed by atoms with Gasteiger partial charge >= 0.3 is 0 Å². The summed E-state index contributed by atoms with van der Waals surface area (Å²) in [5.74, 6) is 0. The predicted octanol–water partition coefficient (Wildman–Crippen LogP) is 16.4. The first-order valence-corrected chi connectivity index (χ1v) is 21.5. The van der Waals surface area contributed by atoms with E-state index >= 15 is 0 Å². The Morgan fingerprint density at radius 2 is 1.10 bits per heavy atom. The first-order valence-electron chi connectivity index (χ1n) is 20.7. The summed E-state index contributed by atoms with van der Waals surface area (Å²) in [6.07, 6.45) is 2.38. The van der Waals surface area contributed by atoms with Crippen LogP contribution in [-0.4, -0.2) is 4.57 Å². The SMILES string of the molecule is C(=C(\c1ccc2ccccc2c1)c1cccc2ccccc12)/c1ccc2c(c1)sc1cc(-c3ccc4c5c(n(-c6ccccc6)c4c3)-c3cccc4cccc-5c34)ccc12. The van der Waals surface area contributed by atoms with Crippen molar-refractivity contribution in [2.24, 2.45) is 0 Å². The monoisotopic (exact) mass is 777 g/mol. The molecule has 0 spiro atoms. The molecular formula is C58H35NS. The zero-order chi connectivity index (χ0) is 39.3. The minimum atomic E-state index is 1.18. The van der Waals surface area contributed by atoms with Gasteiger partial charge in [-0.15, -0.1) is 11.3 Å². The molecule has 0 atom stereocenters. The molecule has 0 saturated carbocycles. The fraction of sp³-hybridized carbons (Fsp3) is 0. The molecule has 1 nitrogen and oxygen atoms in total. The van der Waals surface area contributed by atoms with Crippen molar-refractivity contribution >= 4 is 86.4 Å². The molecule has 0 amide bonds. The Hall–Kier alpha value is -7.52.